The Morgan fingerprint density at radius 3 is 3.12 bits per heavy atom. The lowest BCUT2D eigenvalue weighted by Crippen LogP contribution is -2.32. The first-order valence-corrected chi connectivity index (χ1v) is 5.88. The van der Waals surface area contributed by atoms with E-state index in [1.54, 1.807) is 6.20 Å². The molecule has 1 aromatic rings. The van der Waals surface area contributed by atoms with E-state index in [-0.39, 0.29) is 0 Å². The highest BCUT2D eigenvalue weighted by molar-refractivity contribution is 5.62. The van der Waals surface area contributed by atoms with E-state index in [4.69, 9.17) is 10.5 Å². The van der Waals surface area contributed by atoms with Gasteiger partial charge in [-0.05, 0) is 31.9 Å². The molecule has 0 bridgehead atoms. The largest absolute Gasteiger partial charge is 0.382 e. The lowest BCUT2D eigenvalue weighted by Gasteiger charge is -2.26. The molecule has 2 heterocycles. The summed E-state index contributed by atoms with van der Waals surface area (Å²) in [5.41, 5.74) is 6.89. The third-order valence-corrected chi connectivity index (χ3v) is 2.99. The van der Waals surface area contributed by atoms with Crippen molar-refractivity contribution in [1.82, 2.24) is 4.98 Å². The number of ether oxygens (including phenoxy) is 1. The molecule has 2 rings (SSSR count). The number of nitrogen functional groups attached to an aromatic ring is 1. The molecule has 16 heavy (non-hydrogen) atoms. The third kappa shape index (κ3) is 2.44. The minimum absolute atomic E-state index is 0.347. The summed E-state index contributed by atoms with van der Waals surface area (Å²) in [6.07, 6.45) is 4.39. The number of aromatic nitrogens is 1. The van der Waals surface area contributed by atoms with Crippen molar-refractivity contribution in [3.05, 3.63) is 18.3 Å². The first-order valence-electron chi connectivity index (χ1n) is 5.88. The van der Waals surface area contributed by atoms with Crippen LogP contribution in [0.5, 0.6) is 0 Å². The zero-order valence-corrected chi connectivity index (χ0v) is 9.72. The van der Waals surface area contributed by atoms with Crippen molar-refractivity contribution in [1.29, 1.82) is 0 Å². The van der Waals surface area contributed by atoms with Gasteiger partial charge in [0.05, 0.1) is 11.8 Å². The van der Waals surface area contributed by atoms with Gasteiger partial charge in [-0.25, -0.2) is 4.98 Å². The Hall–Kier alpha value is -1.29. The predicted molar refractivity (Wildman–Crippen MR) is 65.5 cm³/mol. The molecule has 0 spiro atoms. The molecule has 0 saturated carbocycles. The van der Waals surface area contributed by atoms with Gasteiger partial charge in [0.25, 0.3) is 0 Å². The maximum atomic E-state index is 5.88. The number of likely N-dealkylation sites (N-methyl/N-ethyl adjacent to an activating group) is 1. The van der Waals surface area contributed by atoms with Crippen LogP contribution < -0.4 is 10.6 Å². The van der Waals surface area contributed by atoms with Crippen LogP contribution in [0.15, 0.2) is 18.3 Å². The summed E-state index contributed by atoms with van der Waals surface area (Å²) >= 11 is 0. The zero-order chi connectivity index (χ0) is 11.4. The molecule has 1 aromatic heterocycles. The molecule has 1 aliphatic rings. The van der Waals surface area contributed by atoms with E-state index in [1.807, 2.05) is 12.1 Å². The van der Waals surface area contributed by atoms with E-state index < -0.39 is 0 Å². The summed E-state index contributed by atoms with van der Waals surface area (Å²) < 4.78 is 5.64. The first-order chi connectivity index (χ1) is 7.81. The summed E-state index contributed by atoms with van der Waals surface area (Å²) in [5.74, 6) is 0.599. The fraction of sp³-hybridized carbons (Fsp3) is 0.583. The topological polar surface area (TPSA) is 51.4 Å². The Labute approximate surface area is 96.4 Å². The Morgan fingerprint density at radius 1 is 1.62 bits per heavy atom. The highest BCUT2D eigenvalue weighted by Gasteiger charge is 2.19. The average Bonchev–Trinajstić information content (AvgIpc) is 2.80. The summed E-state index contributed by atoms with van der Waals surface area (Å²) in [7, 11) is 0. The van der Waals surface area contributed by atoms with Crippen LogP contribution in [0.3, 0.4) is 0 Å². The molecule has 1 unspecified atom stereocenters. The van der Waals surface area contributed by atoms with Crippen LogP contribution in [0.25, 0.3) is 0 Å². The van der Waals surface area contributed by atoms with Crippen LogP contribution in [0.1, 0.15) is 19.8 Å². The van der Waals surface area contributed by atoms with Gasteiger partial charge in [0, 0.05) is 25.9 Å². The number of anilines is 2. The molecule has 0 amide bonds. The number of nitrogens with zero attached hydrogens (tertiary/aromatic N) is 2. The second-order valence-electron chi connectivity index (χ2n) is 4.08. The Balaban J connectivity index is 2.06. The van der Waals surface area contributed by atoms with Gasteiger partial charge in [-0.2, -0.15) is 0 Å². The molecule has 0 aliphatic carbocycles. The molecule has 1 aliphatic heterocycles. The molecule has 1 saturated heterocycles. The summed E-state index contributed by atoms with van der Waals surface area (Å²) in [5, 5.41) is 0. The summed E-state index contributed by atoms with van der Waals surface area (Å²) in [6, 6.07) is 3.94. The lowest BCUT2D eigenvalue weighted by molar-refractivity contribution is 0.116. The Morgan fingerprint density at radius 2 is 2.50 bits per heavy atom. The summed E-state index contributed by atoms with van der Waals surface area (Å²) in [6.45, 7) is 4.86. The minimum atomic E-state index is 0.347. The SMILES string of the molecule is CCN(CC1CCCO1)c1cccnc1N. The van der Waals surface area contributed by atoms with Gasteiger partial charge in [-0.3, -0.25) is 0 Å². The number of hydrogen-bond donors (Lipinski definition) is 1. The van der Waals surface area contributed by atoms with E-state index in [1.165, 1.54) is 6.42 Å². The van der Waals surface area contributed by atoms with Crippen molar-refractivity contribution in [2.45, 2.75) is 25.9 Å². The molecular weight excluding hydrogens is 202 g/mol. The van der Waals surface area contributed by atoms with Gasteiger partial charge in [-0.15, -0.1) is 0 Å². The molecule has 4 heteroatoms. The molecule has 1 atom stereocenters. The van der Waals surface area contributed by atoms with E-state index in [0.29, 0.717) is 11.9 Å². The van der Waals surface area contributed by atoms with E-state index in [2.05, 4.69) is 16.8 Å². The molecule has 0 aromatic carbocycles. The van der Waals surface area contributed by atoms with E-state index in [9.17, 15) is 0 Å². The highest BCUT2D eigenvalue weighted by atomic mass is 16.5. The average molecular weight is 221 g/mol. The fourth-order valence-electron chi connectivity index (χ4n) is 2.11. The van der Waals surface area contributed by atoms with Gasteiger partial charge in [0.15, 0.2) is 0 Å². The van der Waals surface area contributed by atoms with Crippen LogP contribution in [0.2, 0.25) is 0 Å². The van der Waals surface area contributed by atoms with Crippen molar-refractivity contribution in [2.24, 2.45) is 0 Å². The number of rotatable bonds is 4. The first kappa shape index (κ1) is 11.2. The molecule has 0 radical (unpaired) electrons. The number of nitrogens with two attached hydrogens (primary N) is 1. The predicted octanol–water partition coefficient (Wildman–Crippen LogP) is 1.67. The number of pyridine rings is 1. The van der Waals surface area contributed by atoms with Crippen LogP contribution >= 0.6 is 0 Å². The molecule has 88 valence electrons. The quantitative estimate of drug-likeness (QED) is 0.840. The second kappa shape index (κ2) is 5.16. The number of hydrogen-bond acceptors (Lipinski definition) is 4. The van der Waals surface area contributed by atoms with Gasteiger partial charge in [-0.1, -0.05) is 0 Å². The standard InChI is InChI=1S/C12H19N3O/c1-2-15(9-10-5-4-8-16-10)11-6-3-7-14-12(11)13/h3,6-7,10H,2,4-5,8-9H2,1H3,(H2,13,14). The zero-order valence-electron chi connectivity index (χ0n) is 9.72. The molecular formula is C12H19N3O. The third-order valence-electron chi connectivity index (χ3n) is 2.99. The minimum Gasteiger partial charge on any atom is -0.382 e. The van der Waals surface area contributed by atoms with Crippen molar-refractivity contribution in [3.8, 4) is 0 Å². The smallest absolute Gasteiger partial charge is 0.146 e. The van der Waals surface area contributed by atoms with Crippen LogP contribution in [0, 0.1) is 0 Å². The van der Waals surface area contributed by atoms with Crippen LogP contribution in [-0.2, 0) is 4.74 Å². The fourth-order valence-corrected chi connectivity index (χ4v) is 2.11. The van der Waals surface area contributed by atoms with Gasteiger partial charge in [0.2, 0.25) is 0 Å². The van der Waals surface area contributed by atoms with Gasteiger partial charge in [0.1, 0.15) is 5.82 Å². The van der Waals surface area contributed by atoms with E-state index in [0.717, 1.165) is 31.8 Å². The van der Waals surface area contributed by atoms with Gasteiger partial charge < -0.3 is 15.4 Å². The summed E-state index contributed by atoms with van der Waals surface area (Å²) in [4.78, 5) is 6.35. The van der Waals surface area contributed by atoms with Crippen molar-refractivity contribution in [2.75, 3.05) is 30.3 Å². The Kier molecular flexibility index (Phi) is 3.62. The lowest BCUT2D eigenvalue weighted by atomic mass is 10.2. The molecule has 2 N–H and O–H groups in total. The van der Waals surface area contributed by atoms with Crippen molar-refractivity contribution < 1.29 is 4.74 Å². The maximum absolute atomic E-state index is 5.88. The monoisotopic (exact) mass is 221 g/mol. The second-order valence-corrected chi connectivity index (χ2v) is 4.08. The van der Waals surface area contributed by atoms with Crippen molar-refractivity contribution in [3.63, 3.8) is 0 Å². The Bertz CT molecular complexity index is 337. The normalized spacial score (nSPS) is 19.9. The van der Waals surface area contributed by atoms with Crippen LogP contribution in [-0.4, -0.2) is 30.8 Å². The van der Waals surface area contributed by atoms with E-state index >= 15 is 0 Å². The maximum Gasteiger partial charge on any atom is 0.146 e. The highest BCUT2D eigenvalue weighted by Crippen LogP contribution is 2.22. The van der Waals surface area contributed by atoms with Crippen molar-refractivity contribution >= 4 is 11.5 Å². The molecule has 4 nitrogen and oxygen atoms in total. The molecule has 1 fully saturated rings. The van der Waals surface area contributed by atoms with Crippen LogP contribution in [0.4, 0.5) is 11.5 Å². The van der Waals surface area contributed by atoms with Gasteiger partial charge >= 0.3 is 0 Å².